The van der Waals surface area contributed by atoms with E-state index >= 15 is 0 Å². The van der Waals surface area contributed by atoms with Crippen LogP contribution in [0.1, 0.15) is 21.5 Å². The van der Waals surface area contributed by atoms with Gasteiger partial charge in [-0.2, -0.15) is 13.2 Å². The van der Waals surface area contributed by atoms with E-state index in [0.29, 0.717) is 22.8 Å². The molecular weight excluding hydrogens is 355 g/mol. The Morgan fingerprint density at radius 2 is 1.59 bits per heavy atom. The van der Waals surface area contributed by atoms with E-state index in [1.165, 1.54) is 18.3 Å². The number of halogens is 3. The van der Waals surface area contributed by atoms with Crippen LogP contribution in [0.25, 0.3) is 0 Å². The molecule has 0 radical (unpaired) electrons. The number of anilines is 3. The first-order valence-corrected chi connectivity index (χ1v) is 8.10. The Kier molecular flexibility index (Phi) is 5.12. The van der Waals surface area contributed by atoms with Gasteiger partial charge >= 0.3 is 6.18 Å². The number of pyridine rings is 1. The van der Waals surface area contributed by atoms with E-state index in [4.69, 9.17) is 0 Å². The SMILES string of the molecule is Cc1ccccc1C(=O)Nc1ccc(Nc2ccc(C(F)(F)F)cc2)nc1. The molecule has 1 aromatic heterocycles. The van der Waals surface area contributed by atoms with Gasteiger partial charge in [0.1, 0.15) is 5.82 Å². The van der Waals surface area contributed by atoms with Crippen LogP contribution in [0.2, 0.25) is 0 Å². The molecule has 2 aromatic carbocycles. The highest BCUT2D eigenvalue weighted by Gasteiger charge is 2.29. The van der Waals surface area contributed by atoms with Crippen molar-refractivity contribution < 1.29 is 18.0 Å². The summed E-state index contributed by atoms with van der Waals surface area (Å²) in [5.74, 6) is 0.210. The number of alkyl halides is 3. The van der Waals surface area contributed by atoms with Gasteiger partial charge in [-0.15, -0.1) is 0 Å². The molecule has 3 aromatic rings. The zero-order valence-electron chi connectivity index (χ0n) is 14.3. The lowest BCUT2D eigenvalue weighted by Crippen LogP contribution is -2.13. The average molecular weight is 371 g/mol. The quantitative estimate of drug-likeness (QED) is 0.645. The van der Waals surface area contributed by atoms with Gasteiger partial charge in [0.15, 0.2) is 0 Å². The molecule has 1 amide bonds. The number of amides is 1. The first-order chi connectivity index (χ1) is 12.8. The molecule has 0 bridgehead atoms. The predicted molar refractivity (Wildman–Crippen MR) is 98.1 cm³/mol. The van der Waals surface area contributed by atoms with E-state index in [1.807, 2.05) is 19.1 Å². The van der Waals surface area contributed by atoms with E-state index < -0.39 is 11.7 Å². The molecule has 7 heteroatoms. The molecule has 0 spiro atoms. The summed E-state index contributed by atoms with van der Waals surface area (Å²) in [5.41, 5.74) is 1.72. The summed E-state index contributed by atoms with van der Waals surface area (Å²) in [4.78, 5) is 16.4. The van der Waals surface area contributed by atoms with Crippen LogP contribution in [0.4, 0.5) is 30.4 Å². The van der Waals surface area contributed by atoms with E-state index in [0.717, 1.165) is 17.7 Å². The molecule has 0 saturated heterocycles. The predicted octanol–water partition coefficient (Wildman–Crippen LogP) is 5.40. The van der Waals surface area contributed by atoms with Crippen LogP contribution >= 0.6 is 0 Å². The third-order valence-corrected chi connectivity index (χ3v) is 3.90. The Morgan fingerprint density at radius 3 is 2.19 bits per heavy atom. The molecule has 3 rings (SSSR count). The summed E-state index contributed by atoms with van der Waals surface area (Å²) >= 11 is 0. The van der Waals surface area contributed by atoms with Gasteiger partial charge in [0.25, 0.3) is 5.91 Å². The van der Waals surface area contributed by atoms with Gasteiger partial charge in [0.2, 0.25) is 0 Å². The highest BCUT2D eigenvalue weighted by molar-refractivity contribution is 6.05. The fraction of sp³-hybridized carbons (Fsp3) is 0.100. The largest absolute Gasteiger partial charge is 0.416 e. The number of nitrogens with one attached hydrogen (secondary N) is 2. The van der Waals surface area contributed by atoms with E-state index in [1.54, 1.807) is 24.3 Å². The lowest BCUT2D eigenvalue weighted by molar-refractivity contribution is -0.137. The molecule has 2 N–H and O–H groups in total. The van der Waals surface area contributed by atoms with Crippen LogP contribution in [0, 0.1) is 6.92 Å². The minimum atomic E-state index is -4.37. The maximum atomic E-state index is 12.6. The zero-order chi connectivity index (χ0) is 19.4. The van der Waals surface area contributed by atoms with Crippen LogP contribution < -0.4 is 10.6 Å². The average Bonchev–Trinajstić information content (AvgIpc) is 2.63. The van der Waals surface area contributed by atoms with Crippen molar-refractivity contribution in [2.75, 3.05) is 10.6 Å². The number of carbonyl (C=O) groups is 1. The second-order valence-corrected chi connectivity index (χ2v) is 5.90. The van der Waals surface area contributed by atoms with Gasteiger partial charge in [-0.3, -0.25) is 4.79 Å². The van der Waals surface area contributed by atoms with E-state index in [2.05, 4.69) is 15.6 Å². The summed E-state index contributed by atoms with van der Waals surface area (Å²) in [7, 11) is 0. The second-order valence-electron chi connectivity index (χ2n) is 5.90. The Balaban J connectivity index is 1.65. The molecule has 0 aliphatic heterocycles. The zero-order valence-corrected chi connectivity index (χ0v) is 14.3. The summed E-state index contributed by atoms with van der Waals surface area (Å²) in [6.07, 6.45) is -2.89. The normalized spacial score (nSPS) is 11.1. The van der Waals surface area contributed by atoms with Crippen molar-refractivity contribution in [1.29, 1.82) is 0 Å². The maximum absolute atomic E-state index is 12.6. The Bertz CT molecular complexity index is 936. The molecule has 0 saturated carbocycles. The van der Waals surface area contributed by atoms with E-state index in [9.17, 15) is 18.0 Å². The van der Waals surface area contributed by atoms with Crippen LogP contribution in [-0.2, 0) is 6.18 Å². The summed E-state index contributed by atoms with van der Waals surface area (Å²) in [6.45, 7) is 1.85. The summed E-state index contributed by atoms with van der Waals surface area (Å²) in [6, 6.07) is 15.2. The van der Waals surface area contributed by atoms with Crippen molar-refractivity contribution in [3.05, 3.63) is 83.6 Å². The van der Waals surface area contributed by atoms with Crippen LogP contribution in [0.3, 0.4) is 0 Å². The third-order valence-electron chi connectivity index (χ3n) is 3.90. The number of hydrogen-bond acceptors (Lipinski definition) is 3. The highest BCUT2D eigenvalue weighted by Crippen LogP contribution is 2.30. The first-order valence-electron chi connectivity index (χ1n) is 8.10. The van der Waals surface area contributed by atoms with Gasteiger partial charge in [0.05, 0.1) is 17.4 Å². The van der Waals surface area contributed by atoms with Gasteiger partial charge in [-0.05, 0) is 55.0 Å². The smallest absolute Gasteiger partial charge is 0.340 e. The molecule has 0 aliphatic carbocycles. The molecule has 138 valence electrons. The Hall–Kier alpha value is -3.35. The minimum Gasteiger partial charge on any atom is -0.340 e. The summed E-state index contributed by atoms with van der Waals surface area (Å²) < 4.78 is 37.7. The molecular formula is C20H16F3N3O. The van der Waals surface area contributed by atoms with Gasteiger partial charge in [0, 0.05) is 11.3 Å². The van der Waals surface area contributed by atoms with Gasteiger partial charge in [-0.25, -0.2) is 4.98 Å². The molecule has 0 aliphatic rings. The molecule has 0 fully saturated rings. The molecule has 1 heterocycles. The number of hydrogen-bond donors (Lipinski definition) is 2. The van der Waals surface area contributed by atoms with Crippen LogP contribution in [0.5, 0.6) is 0 Å². The lowest BCUT2D eigenvalue weighted by atomic mass is 10.1. The van der Waals surface area contributed by atoms with Crippen molar-refractivity contribution in [2.24, 2.45) is 0 Å². The number of carbonyl (C=O) groups excluding carboxylic acids is 1. The van der Waals surface area contributed by atoms with Gasteiger partial charge in [-0.1, -0.05) is 18.2 Å². The third kappa shape index (κ3) is 4.63. The van der Waals surface area contributed by atoms with Crippen molar-refractivity contribution in [3.63, 3.8) is 0 Å². The number of aromatic nitrogens is 1. The Labute approximate surface area is 154 Å². The molecule has 0 atom stereocenters. The molecule has 0 unspecified atom stereocenters. The monoisotopic (exact) mass is 371 g/mol. The van der Waals surface area contributed by atoms with Crippen LogP contribution in [-0.4, -0.2) is 10.9 Å². The number of rotatable bonds is 4. The maximum Gasteiger partial charge on any atom is 0.416 e. The first kappa shape index (κ1) is 18.4. The molecule has 4 nitrogen and oxygen atoms in total. The molecule has 27 heavy (non-hydrogen) atoms. The fourth-order valence-corrected chi connectivity index (χ4v) is 2.46. The van der Waals surface area contributed by atoms with Crippen molar-refractivity contribution >= 4 is 23.1 Å². The number of aryl methyl sites for hydroxylation is 1. The van der Waals surface area contributed by atoms with Gasteiger partial charge < -0.3 is 10.6 Å². The highest BCUT2D eigenvalue weighted by atomic mass is 19.4. The lowest BCUT2D eigenvalue weighted by Gasteiger charge is -2.10. The van der Waals surface area contributed by atoms with Crippen LogP contribution in [0.15, 0.2) is 66.9 Å². The van der Waals surface area contributed by atoms with E-state index in [-0.39, 0.29) is 5.91 Å². The summed E-state index contributed by atoms with van der Waals surface area (Å²) in [5, 5.41) is 5.67. The van der Waals surface area contributed by atoms with Crippen molar-refractivity contribution in [2.45, 2.75) is 13.1 Å². The van der Waals surface area contributed by atoms with Crippen molar-refractivity contribution in [3.8, 4) is 0 Å². The van der Waals surface area contributed by atoms with Crippen molar-refractivity contribution in [1.82, 2.24) is 4.98 Å². The Morgan fingerprint density at radius 1 is 0.926 bits per heavy atom. The second kappa shape index (κ2) is 7.49. The topological polar surface area (TPSA) is 54.0 Å². The number of benzene rings is 2. The number of nitrogens with zero attached hydrogens (tertiary/aromatic N) is 1. The standard InChI is InChI=1S/C20H16F3N3O/c1-13-4-2-3-5-17(13)19(27)26-16-10-11-18(24-12-16)25-15-8-6-14(7-9-15)20(21,22)23/h2-12H,1H3,(H,24,25)(H,26,27). The fourth-order valence-electron chi connectivity index (χ4n) is 2.46. The minimum absolute atomic E-state index is 0.238.